The number of benzene rings is 1. The van der Waals surface area contributed by atoms with Gasteiger partial charge in [-0.1, -0.05) is 43.3 Å². The Morgan fingerprint density at radius 3 is 2.75 bits per heavy atom. The quantitative estimate of drug-likeness (QED) is 0.448. The molecule has 1 aliphatic rings. The molecule has 1 heterocycles. The smallest absolute Gasteiger partial charge is 0.191 e. The van der Waals surface area contributed by atoms with Gasteiger partial charge in [0.25, 0.3) is 0 Å². The molecule has 2 rings (SSSR count). The number of hydrogen-bond acceptors (Lipinski definition) is 3. The van der Waals surface area contributed by atoms with E-state index in [0.29, 0.717) is 37.3 Å². The molecule has 1 aromatic rings. The first kappa shape index (κ1) is 18.5. The summed E-state index contributed by atoms with van der Waals surface area (Å²) in [6.07, 6.45) is 2.50. The van der Waals surface area contributed by atoms with E-state index in [4.69, 9.17) is 0 Å². The zero-order valence-electron chi connectivity index (χ0n) is 14.2. The van der Waals surface area contributed by atoms with Crippen LogP contribution in [-0.4, -0.2) is 45.5 Å². The van der Waals surface area contributed by atoms with Crippen molar-refractivity contribution < 1.29 is 8.42 Å². The molecule has 1 aliphatic heterocycles. The van der Waals surface area contributed by atoms with Crippen LogP contribution in [0, 0.1) is 5.92 Å². The summed E-state index contributed by atoms with van der Waals surface area (Å²) in [6.45, 7) is 7.77. The minimum absolute atomic E-state index is 0.164. The van der Waals surface area contributed by atoms with Crippen LogP contribution < -0.4 is 10.6 Å². The molecule has 2 unspecified atom stereocenters. The molecule has 0 saturated carbocycles. The van der Waals surface area contributed by atoms with Crippen molar-refractivity contribution in [2.75, 3.05) is 31.1 Å². The maximum absolute atomic E-state index is 11.5. The van der Waals surface area contributed by atoms with E-state index in [1.807, 2.05) is 18.2 Å². The fourth-order valence-electron chi connectivity index (χ4n) is 2.73. The predicted molar refractivity (Wildman–Crippen MR) is 100 cm³/mol. The van der Waals surface area contributed by atoms with Crippen LogP contribution in [0.2, 0.25) is 0 Å². The van der Waals surface area contributed by atoms with Gasteiger partial charge in [-0.15, -0.1) is 6.58 Å². The minimum Gasteiger partial charge on any atom is -0.356 e. The van der Waals surface area contributed by atoms with Gasteiger partial charge in [0.1, 0.15) is 0 Å². The monoisotopic (exact) mass is 349 g/mol. The van der Waals surface area contributed by atoms with E-state index in [2.05, 4.69) is 41.3 Å². The molecule has 5 nitrogen and oxygen atoms in total. The topological polar surface area (TPSA) is 70.6 Å². The Kier molecular flexibility index (Phi) is 6.85. The van der Waals surface area contributed by atoms with E-state index in [9.17, 15) is 8.42 Å². The zero-order valence-corrected chi connectivity index (χ0v) is 15.1. The molecule has 1 fully saturated rings. The Morgan fingerprint density at radius 2 is 2.12 bits per heavy atom. The molecule has 6 heteroatoms. The van der Waals surface area contributed by atoms with Crippen molar-refractivity contribution in [3.63, 3.8) is 0 Å². The predicted octanol–water partition coefficient (Wildman–Crippen LogP) is 1.95. The number of nitrogens with one attached hydrogen (secondary N) is 2. The number of hydrogen-bond donors (Lipinski definition) is 2. The third-order valence-electron chi connectivity index (χ3n) is 4.19. The summed E-state index contributed by atoms with van der Waals surface area (Å²) >= 11 is 0. The molecule has 2 atom stereocenters. The third-order valence-corrected chi connectivity index (χ3v) is 6.03. The highest BCUT2D eigenvalue weighted by molar-refractivity contribution is 7.91. The fraction of sp³-hybridized carbons (Fsp3) is 0.500. The molecular formula is C18H27N3O2S. The molecule has 2 N–H and O–H groups in total. The van der Waals surface area contributed by atoms with E-state index in [-0.39, 0.29) is 11.7 Å². The first-order valence-corrected chi connectivity index (χ1v) is 10.2. The molecule has 0 aliphatic carbocycles. The van der Waals surface area contributed by atoms with Crippen molar-refractivity contribution in [3.8, 4) is 0 Å². The minimum atomic E-state index is -2.84. The average Bonchev–Trinajstić information content (AvgIpc) is 2.93. The Labute approximate surface area is 145 Å². The molecular weight excluding hydrogens is 322 g/mol. The second-order valence-corrected chi connectivity index (χ2v) is 8.55. The SMILES string of the molecule is C=CCNC(=NCC(C)c1ccccc1)NCC1CCS(=O)(=O)C1. The van der Waals surface area contributed by atoms with Gasteiger partial charge in [0, 0.05) is 25.6 Å². The average molecular weight is 350 g/mol. The van der Waals surface area contributed by atoms with Crippen LogP contribution in [0.5, 0.6) is 0 Å². The normalized spacial score (nSPS) is 21.2. The fourth-order valence-corrected chi connectivity index (χ4v) is 4.59. The maximum atomic E-state index is 11.5. The van der Waals surface area contributed by atoms with Crippen molar-refractivity contribution >= 4 is 15.8 Å². The summed E-state index contributed by atoms with van der Waals surface area (Å²) in [4.78, 5) is 4.63. The summed E-state index contributed by atoms with van der Waals surface area (Å²) in [5.41, 5.74) is 1.26. The van der Waals surface area contributed by atoms with Crippen LogP contribution >= 0.6 is 0 Å². The van der Waals surface area contributed by atoms with Crippen molar-refractivity contribution in [1.82, 2.24) is 10.6 Å². The van der Waals surface area contributed by atoms with E-state index in [0.717, 1.165) is 6.42 Å². The van der Waals surface area contributed by atoms with Crippen LogP contribution in [0.25, 0.3) is 0 Å². The molecule has 132 valence electrons. The van der Waals surface area contributed by atoms with Gasteiger partial charge in [-0.05, 0) is 17.9 Å². The van der Waals surface area contributed by atoms with Gasteiger partial charge >= 0.3 is 0 Å². The molecule has 0 radical (unpaired) electrons. The van der Waals surface area contributed by atoms with Crippen LogP contribution in [0.15, 0.2) is 48.0 Å². The molecule has 1 saturated heterocycles. The Morgan fingerprint density at radius 1 is 1.38 bits per heavy atom. The number of rotatable bonds is 7. The summed E-state index contributed by atoms with van der Waals surface area (Å²) in [6, 6.07) is 10.3. The second kappa shape index (κ2) is 8.87. The van der Waals surface area contributed by atoms with Crippen LogP contribution in [0.1, 0.15) is 24.8 Å². The molecule has 1 aromatic carbocycles. The lowest BCUT2D eigenvalue weighted by atomic mass is 10.0. The summed E-state index contributed by atoms with van der Waals surface area (Å²) in [7, 11) is -2.84. The van der Waals surface area contributed by atoms with Gasteiger partial charge in [-0.25, -0.2) is 8.42 Å². The number of guanidine groups is 1. The highest BCUT2D eigenvalue weighted by Gasteiger charge is 2.27. The van der Waals surface area contributed by atoms with Crippen LogP contribution in [0.4, 0.5) is 0 Å². The summed E-state index contributed by atoms with van der Waals surface area (Å²) in [5.74, 6) is 1.77. The third kappa shape index (κ3) is 6.00. The first-order chi connectivity index (χ1) is 11.5. The van der Waals surface area contributed by atoms with Crippen molar-refractivity contribution in [2.45, 2.75) is 19.3 Å². The zero-order chi connectivity index (χ0) is 17.4. The van der Waals surface area contributed by atoms with Crippen LogP contribution in [-0.2, 0) is 9.84 Å². The lowest BCUT2D eigenvalue weighted by Crippen LogP contribution is -2.40. The highest BCUT2D eigenvalue weighted by Crippen LogP contribution is 2.17. The number of sulfone groups is 1. The number of aliphatic imine (C=N–C) groups is 1. The lowest BCUT2D eigenvalue weighted by molar-refractivity contribution is 0.567. The van der Waals surface area contributed by atoms with Gasteiger partial charge in [0.05, 0.1) is 11.5 Å². The first-order valence-electron chi connectivity index (χ1n) is 8.38. The van der Waals surface area contributed by atoms with Crippen molar-refractivity contribution in [3.05, 3.63) is 48.6 Å². The van der Waals surface area contributed by atoms with E-state index >= 15 is 0 Å². The van der Waals surface area contributed by atoms with E-state index in [1.54, 1.807) is 6.08 Å². The number of nitrogens with zero attached hydrogens (tertiary/aromatic N) is 1. The Hall–Kier alpha value is -1.82. The van der Waals surface area contributed by atoms with Gasteiger partial charge in [0.15, 0.2) is 15.8 Å². The molecule has 0 aromatic heterocycles. The van der Waals surface area contributed by atoms with Crippen LogP contribution in [0.3, 0.4) is 0 Å². The van der Waals surface area contributed by atoms with Gasteiger partial charge in [-0.2, -0.15) is 0 Å². The van der Waals surface area contributed by atoms with E-state index < -0.39 is 9.84 Å². The second-order valence-electron chi connectivity index (χ2n) is 6.32. The van der Waals surface area contributed by atoms with E-state index in [1.165, 1.54) is 5.56 Å². The van der Waals surface area contributed by atoms with Crippen molar-refractivity contribution in [1.29, 1.82) is 0 Å². The van der Waals surface area contributed by atoms with Crippen molar-refractivity contribution in [2.24, 2.45) is 10.9 Å². The Balaban J connectivity index is 1.90. The standard InChI is InChI=1S/C18H27N3O2S/c1-3-10-19-18(21-13-16-9-11-24(22,23)14-16)20-12-15(2)17-7-5-4-6-8-17/h3-8,15-16H,1,9-14H2,2H3,(H2,19,20,21). The maximum Gasteiger partial charge on any atom is 0.191 e. The Bertz CT molecular complexity index is 656. The van der Waals surface area contributed by atoms with Gasteiger partial charge < -0.3 is 10.6 Å². The molecule has 24 heavy (non-hydrogen) atoms. The lowest BCUT2D eigenvalue weighted by Gasteiger charge is -2.16. The van der Waals surface area contributed by atoms with Gasteiger partial charge in [-0.3, -0.25) is 4.99 Å². The molecule has 0 spiro atoms. The molecule has 0 bridgehead atoms. The molecule has 0 amide bonds. The summed E-state index contributed by atoms with van der Waals surface area (Å²) < 4.78 is 23.1. The van der Waals surface area contributed by atoms with Gasteiger partial charge in [0.2, 0.25) is 0 Å². The summed E-state index contributed by atoms with van der Waals surface area (Å²) in [5, 5.41) is 6.46. The highest BCUT2D eigenvalue weighted by atomic mass is 32.2. The largest absolute Gasteiger partial charge is 0.356 e.